The number of aryl methyl sites for hydroxylation is 1. The predicted octanol–water partition coefficient (Wildman–Crippen LogP) is 4.90. The van der Waals surface area contributed by atoms with Crippen LogP contribution in [0.3, 0.4) is 0 Å². The third-order valence-corrected chi connectivity index (χ3v) is 4.83. The van der Waals surface area contributed by atoms with Gasteiger partial charge >= 0.3 is 6.03 Å². The molecule has 1 aliphatic rings. The molecule has 0 radical (unpaired) electrons. The Hall–Kier alpha value is -2.56. The van der Waals surface area contributed by atoms with E-state index in [1.165, 1.54) is 30.4 Å². The zero-order valence-corrected chi connectivity index (χ0v) is 14.9. The Bertz CT molecular complexity index is 721. The number of nitrogens with zero attached hydrogens (tertiary/aromatic N) is 1. The van der Waals surface area contributed by atoms with E-state index in [0.717, 1.165) is 24.2 Å². The number of pyridine rings is 1. The molecular formula is C20H26N4O. The Morgan fingerprint density at radius 2 is 1.88 bits per heavy atom. The highest BCUT2D eigenvalue weighted by molar-refractivity contribution is 5.88. The number of hydrogen-bond donors (Lipinski definition) is 3. The number of anilines is 3. The molecule has 2 amide bonds. The molecule has 3 rings (SSSR count). The van der Waals surface area contributed by atoms with E-state index >= 15 is 0 Å². The quantitative estimate of drug-likeness (QED) is 0.743. The first kappa shape index (κ1) is 17.3. The summed E-state index contributed by atoms with van der Waals surface area (Å²) in [6, 6.07) is 10.0. The summed E-state index contributed by atoms with van der Waals surface area (Å²) in [6.45, 7) is 4.19. The van der Waals surface area contributed by atoms with Gasteiger partial charge in [-0.2, -0.15) is 0 Å². The van der Waals surface area contributed by atoms with Gasteiger partial charge in [0.05, 0.1) is 11.9 Å². The lowest BCUT2D eigenvalue weighted by Crippen LogP contribution is -2.39. The molecule has 0 spiro atoms. The first-order valence-electron chi connectivity index (χ1n) is 8.98. The maximum atomic E-state index is 12.1. The Balaban J connectivity index is 1.56. The lowest BCUT2D eigenvalue weighted by molar-refractivity contribution is 0.244. The van der Waals surface area contributed by atoms with E-state index in [0.29, 0.717) is 11.9 Å². The van der Waals surface area contributed by atoms with Gasteiger partial charge in [0.1, 0.15) is 5.82 Å². The maximum absolute atomic E-state index is 12.1. The molecule has 1 fully saturated rings. The highest BCUT2D eigenvalue weighted by atomic mass is 16.2. The third-order valence-electron chi connectivity index (χ3n) is 4.83. The molecule has 1 aliphatic carbocycles. The first-order chi connectivity index (χ1) is 12.1. The summed E-state index contributed by atoms with van der Waals surface area (Å²) >= 11 is 0. The van der Waals surface area contributed by atoms with Crippen molar-refractivity contribution in [2.24, 2.45) is 0 Å². The van der Waals surface area contributed by atoms with Crippen molar-refractivity contribution in [2.45, 2.75) is 52.0 Å². The SMILES string of the molecule is Cc1cccc(Nc2ccc(NC(=O)NC3CCCCC3)nc2)c1C. The van der Waals surface area contributed by atoms with E-state index < -0.39 is 0 Å². The van der Waals surface area contributed by atoms with Crippen LogP contribution in [0.2, 0.25) is 0 Å². The second kappa shape index (κ2) is 8.01. The number of benzene rings is 1. The number of aromatic nitrogens is 1. The first-order valence-corrected chi connectivity index (χ1v) is 8.98. The van der Waals surface area contributed by atoms with Crippen LogP contribution in [0, 0.1) is 13.8 Å². The van der Waals surface area contributed by atoms with Crippen molar-refractivity contribution in [3.05, 3.63) is 47.7 Å². The van der Waals surface area contributed by atoms with Crippen molar-refractivity contribution < 1.29 is 4.79 Å². The van der Waals surface area contributed by atoms with Gasteiger partial charge in [-0.05, 0) is 56.0 Å². The zero-order valence-electron chi connectivity index (χ0n) is 14.9. The van der Waals surface area contributed by atoms with Crippen molar-refractivity contribution in [1.82, 2.24) is 10.3 Å². The summed E-state index contributed by atoms with van der Waals surface area (Å²) in [5.41, 5.74) is 4.43. The summed E-state index contributed by atoms with van der Waals surface area (Å²) in [4.78, 5) is 16.4. The molecule has 1 saturated carbocycles. The molecule has 0 aliphatic heterocycles. The third kappa shape index (κ3) is 4.72. The lowest BCUT2D eigenvalue weighted by Gasteiger charge is -2.22. The predicted molar refractivity (Wildman–Crippen MR) is 102 cm³/mol. The minimum atomic E-state index is -0.172. The monoisotopic (exact) mass is 338 g/mol. The van der Waals surface area contributed by atoms with Gasteiger partial charge in [-0.1, -0.05) is 31.4 Å². The van der Waals surface area contributed by atoms with E-state index in [1.807, 2.05) is 24.3 Å². The van der Waals surface area contributed by atoms with E-state index in [2.05, 4.69) is 40.8 Å². The second-order valence-electron chi connectivity index (χ2n) is 6.74. The zero-order chi connectivity index (χ0) is 17.6. The van der Waals surface area contributed by atoms with Crippen molar-refractivity contribution in [3.63, 3.8) is 0 Å². The fourth-order valence-electron chi connectivity index (χ4n) is 3.17. The Labute approximate surface area is 149 Å². The van der Waals surface area contributed by atoms with Gasteiger partial charge < -0.3 is 10.6 Å². The van der Waals surface area contributed by atoms with Crippen LogP contribution in [-0.2, 0) is 0 Å². The molecule has 0 atom stereocenters. The molecule has 0 unspecified atom stereocenters. The van der Waals surface area contributed by atoms with E-state index in [9.17, 15) is 4.79 Å². The van der Waals surface area contributed by atoms with Gasteiger partial charge in [-0.15, -0.1) is 0 Å². The van der Waals surface area contributed by atoms with Crippen molar-refractivity contribution >= 4 is 23.2 Å². The highest BCUT2D eigenvalue weighted by Gasteiger charge is 2.15. The number of urea groups is 1. The van der Waals surface area contributed by atoms with Crippen LogP contribution in [0.5, 0.6) is 0 Å². The van der Waals surface area contributed by atoms with Crippen LogP contribution in [0.15, 0.2) is 36.5 Å². The smallest absolute Gasteiger partial charge is 0.320 e. The van der Waals surface area contributed by atoms with E-state index in [-0.39, 0.29) is 6.03 Å². The van der Waals surface area contributed by atoms with Crippen LogP contribution < -0.4 is 16.0 Å². The van der Waals surface area contributed by atoms with E-state index in [1.54, 1.807) is 6.20 Å². The van der Waals surface area contributed by atoms with Crippen LogP contribution >= 0.6 is 0 Å². The number of rotatable bonds is 4. The molecule has 25 heavy (non-hydrogen) atoms. The van der Waals surface area contributed by atoms with Crippen molar-refractivity contribution in [3.8, 4) is 0 Å². The fraction of sp³-hybridized carbons (Fsp3) is 0.400. The average Bonchev–Trinajstić information content (AvgIpc) is 2.61. The molecule has 1 aromatic heterocycles. The molecule has 132 valence electrons. The van der Waals surface area contributed by atoms with Crippen LogP contribution in [-0.4, -0.2) is 17.1 Å². The topological polar surface area (TPSA) is 66.0 Å². The molecule has 0 bridgehead atoms. The summed E-state index contributed by atoms with van der Waals surface area (Å²) < 4.78 is 0. The Morgan fingerprint density at radius 3 is 2.60 bits per heavy atom. The molecule has 5 heteroatoms. The fourth-order valence-corrected chi connectivity index (χ4v) is 3.17. The number of hydrogen-bond acceptors (Lipinski definition) is 3. The van der Waals surface area contributed by atoms with Crippen LogP contribution in [0.25, 0.3) is 0 Å². The second-order valence-corrected chi connectivity index (χ2v) is 6.74. The molecular weight excluding hydrogens is 312 g/mol. The normalized spacial score (nSPS) is 14.8. The molecule has 0 saturated heterocycles. The molecule has 1 heterocycles. The summed E-state index contributed by atoms with van der Waals surface area (Å²) in [5, 5.41) is 9.21. The minimum Gasteiger partial charge on any atom is -0.354 e. The molecule has 2 aromatic rings. The summed E-state index contributed by atoms with van der Waals surface area (Å²) in [7, 11) is 0. The van der Waals surface area contributed by atoms with Crippen molar-refractivity contribution in [1.29, 1.82) is 0 Å². The lowest BCUT2D eigenvalue weighted by atomic mass is 9.96. The number of nitrogens with one attached hydrogen (secondary N) is 3. The van der Waals surface area contributed by atoms with Crippen LogP contribution in [0.4, 0.5) is 22.0 Å². The largest absolute Gasteiger partial charge is 0.354 e. The van der Waals surface area contributed by atoms with Gasteiger partial charge in [0, 0.05) is 11.7 Å². The average molecular weight is 338 g/mol. The van der Waals surface area contributed by atoms with E-state index in [4.69, 9.17) is 0 Å². The van der Waals surface area contributed by atoms with Gasteiger partial charge in [-0.3, -0.25) is 5.32 Å². The standard InChI is InChI=1S/C20H26N4O/c1-14-7-6-10-18(15(14)2)22-17-11-12-19(21-13-17)24-20(25)23-16-8-4-3-5-9-16/h6-7,10-13,16,22H,3-5,8-9H2,1-2H3,(H2,21,23,24,25). The molecule has 3 N–H and O–H groups in total. The highest BCUT2D eigenvalue weighted by Crippen LogP contribution is 2.23. The summed E-state index contributed by atoms with van der Waals surface area (Å²) in [5.74, 6) is 0.555. The maximum Gasteiger partial charge on any atom is 0.320 e. The van der Waals surface area contributed by atoms with Crippen LogP contribution in [0.1, 0.15) is 43.2 Å². The summed E-state index contributed by atoms with van der Waals surface area (Å²) in [6.07, 6.45) is 7.54. The van der Waals surface area contributed by atoms with Gasteiger partial charge in [0.2, 0.25) is 0 Å². The Kier molecular flexibility index (Phi) is 5.53. The van der Waals surface area contributed by atoms with Gasteiger partial charge in [0.25, 0.3) is 0 Å². The van der Waals surface area contributed by atoms with Crippen molar-refractivity contribution in [2.75, 3.05) is 10.6 Å². The molecule has 1 aromatic carbocycles. The molecule has 5 nitrogen and oxygen atoms in total. The van der Waals surface area contributed by atoms with Gasteiger partial charge in [-0.25, -0.2) is 9.78 Å². The number of carbonyl (C=O) groups excluding carboxylic acids is 1. The number of amides is 2. The van der Waals surface area contributed by atoms with Gasteiger partial charge in [0.15, 0.2) is 0 Å². The minimum absolute atomic E-state index is 0.172. The Morgan fingerprint density at radius 1 is 1.08 bits per heavy atom. The number of carbonyl (C=O) groups is 1.